The summed E-state index contributed by atoms with van der Waals surface area (Å²) in [4.78, 5) is 11.7. The third-order valence-corrected chi connectivity index (χ3v) is 3.90. The van der Waals surface area contributed by atoms with Crippen LogP contribution in [0.15, 0.2) is 66.7 Å². The highest BCUT2D eigenvalue weighted by Gasteiger charge is 2.22. The summed E-state index contributed by atoms with van der Waals surface area (Å²) in [6, 6.07) is 20.8. The second kappa shape index (κ2) is 7.04. The smallest absolute Gasteiger partial charge is 0.345 e. The molecule has 4 heteroatoms. The Morgan fingerprint density at radius 2 is 1.62 bits per heavy atom. The van der Waals surface area contributed by atoms with E-state index in [0.717, 1.165) is 16.3 Å². The number of hydrogen-bond donors (Lipinski definition) is 1. The lowest BCUT2D eigenvalue weighted by Crippen LogP contribution is -2.29. The van der Waals surface area contributed by atoms with Crippen LogP contribution in [0.2, 0.25) is 0 Å². The van der Waals surface area contributed by atoms with Crippen LogP contribution in [-0.4, -0.2) is 24.3 Å². The Kier molecular flexibility index (Phi) is 4.66. The zero-order valence-electron chi connectivity index (χ0n) is 13.3. The van der Waals surface area contributed by atoms with E-state index in [2.05, 4.69) is 0 Å². The van der Waals surface area contributed by atoms with E-state index >= 15 is 0 Å². The lowest BCUT2D eigenvalue weighted by Gasteiger charge is -2.18. The summed E-state index contributed by atoms with van der Waals surface area (Å²) in [5, 5.41) is 11.7. The number of carbonyl (C=O) groups is 1. The van der Waals surface area contributed by atoms with Crippen molar-refractivity contribution in [2.24, 2.45) is 0 Å². The van der Waals surface area contributed by atoms with Crippen LogP contribution < -0.4 is 9.47 Å². The van der Waals surface area contributed by atoms with Gasteiger partial charge in [0.2, 0.25) is 0 Å². The number of ether oxygens (including phenoxy) is 2. The summed E-state index contributed by atoms with van der Waals surface area (Å²) < 4.78 is 11.0. The third kappa shape index (κ3) is 3.33. The zero-order chi connectivity index (χ0) is 16.9. The number of benzene rings is 3. The van der Waals surface area contributed by atoms with Crippen LogP contribution >= 0.6 is 0 Å². The summed E-state index contributed by atoms with van der Waals surface area (Å²) in [6.07, 6.45) is -0.721. The van der Waals surface area contributed by atoms with E-state index in [9.17, 15) is 9.90 Å². The fourth-order valence-corrected chi connectivity index (χ4v) is 2.72. The number of rotatable bonds is 6. The lowest BCUT2D eigenvalue weighted by molar-refractivity contribution is -0.145. The molecular formula is C20H18O4. The number of carboxylic acids is 1. The highest BCUT2D eigenvalue weighted by atomic mass is 16.5. The molecule has 1 N–H and O–H groups in total. The zero-order valence-corrected chi connectivity index (χ0v) is 13.3. The van der Waals surface area contributed by atoms with Gasteiger partial charge in [-0.2, -0.15) is 0 Å². The minimum absolute atomic E-state index is 0.273. The van der Waals surface area contributed by atoms with Gasteiger partial charge >= 0.3 is 5.97 Å². The van der Waals surface area contributed by atoms with E-state index in [1.54, 1.807) is 18.2 Å². The lowest BCUT2D eigenvalue weighted by atomic mass is 10.00. The first-order chi connectivity index (χ1) is 11.7. The van der Waals surface area contributed by atoms with Gasteiger partial charge in [0, 0.05) is 6.42 Å². The first kappa shape index (κ1) is 15.9. The van der Waals surface area contributed by atoms with Crippen molar-refractivity contribution in [3.63, 3.8) is 0 Å². The highest BCUT2D eigenvalue weighted by molar-refractivity contribution is 5.86. The van der Waals surface area contributed by atoms with Gasteiger partial charge in [0.05, 0.1) is 7.11 Å². The molecule has 3 rings (SSSR count). The van der Waals surface area contributed by atoms with E-state index in [1.165, 1.54) is 7.11 Å². The molecule has 1 atom stereocenters. The molecule has 0 saturated carbocycles. The largest absolute Gasteiger partial charge is 0.493 e. The van der Waals surface area contributed by atoms with Gasteiger partial charge in [0.15, 0.2) is 17.6 Å². The maximum atomic E-state index is 11.7. The summed E-state index contributed by atoms with van der Waals surface area (Å²) in [6.45, 7) is 0. The normalized spacial score (nSPS) is 11.9. The Morgan fingerprint density at radius 1 is 0.958 bits per heavy atom. The van der Waals surface area contributed by atoms with E-state index < -0.39 is 12.1 Å². The van der Waals surface area contributed by atoms with Crippen molar-refractivity contribution < 1.29 is 19.4 Å². The van der Waals surface area contributed by atoms with Gasteiger partial charge in [0.25, 0.3) is 0 Å². The van der Waals surface area contributed by atoms with Gasteiger partial charge in [-0.15, -0.1) is 0 Å². The van der Waals surface area contributed by atoms with Crippen LogP contribution in [0.4, 0.5) is 0 Å². The molecule has 0 saturated heterocycles. The molecule has 0 aliphatic heterocycles. The quantitative estimate of drug-likeness (QED) is 0.747. The Balaban J connectivity index is 1.90. The molecule has 0 aliphatic rings. The molecule has 0 fully saturated rings. The topological polar surface area (TPSA) is 55.8 Å². The summed E-state index contributed by atoms with van der Waals surface area (Å²) in [5.74, 6) is -0.0665. The molecule has 122 valence electrons. The average Bonchev–Trinajstić information content (AvgIpc) is 2.61. The van der Waals surface area contributed by atoms with E-state index in [-0.39, 0.29) is 6.42 Å². The number of aliphatic carboxylic acids is 1. The maximum Gasteiger partial charge on any atom is 0.345 e. The van der Waals surface area contributed by atoms with Crippen molar-refractivity contribution >= 4 is 16.7 Å². The molecule has 1 unspecified atom stereocenters. The Labute approximate surface area is 140 Å². The van der Waals surface area contributed by atoms with Crippen LogP contribution in [-0.2, 0) is 11.2 Å². The summed E-state index contributed by atoms with van der Waals surface area (Å²) in [5.41, 5.74) is 0.940. The predicted octanol–water partition coefficient (Wildman–Crippen LogP) is 3.92. The van der Waals surface area contributed by atoms with E-state index in [1.807, 2.05) is 48.5 Å². The Bertz CT molecular complexity index is 852. The van der Waals surface area contributed by atoms with Gasteiger partial charge in [-0.1, -0.05) is 54.6 Å². The van der Waals surface area contributed by atoms with Crippen molar-refractivity contribution in [1.29, 1.82) is 0 Å². The van der Waals surface area contributed by atoms with Crippen molar-refractivity contribution in [2.45, 2.75) is 12.5 Å². The molecule has 0 radical (unpaired) electrons. The molecule has 4 nitrogen and oxygen atoms in total. The van der Waals surface area contributed by atoms with Gasteiger partial charge in [-0.25, -0.2) is 4.79 Å². The molecule has 24 heavy (non-hydrogen) atoms. The van der Waals surface area contributed by atoms with Gasteiger partial charge in [-0.05, 0) is 28.5 Å². The monoisotopic (exact) mass is 322 g/mol. The van der Waals surface area contributed by atoms with Gasteiger partial charge < -0.3 is 14.6 Å². The van der Waals surface area contributed by atoms with E-state index in [4.69, 9.17) is 9.47 Å². The van der Waals surface area contributed by atoms with Crippen molar-refractivity contribution in [3.05, 3.63) is 72.3 Å². The highest BCUT2D eigenvalue weighted by Crippen LogP contribution is 2.28. The Hall–Kier alpha value is -3.01. The molecule has 0 amide bonds. The SMILES string of the molecule is COc1ccccc1OC(Cc1cccc2ccccc12)C(=O)O. The van der Waals surface area contributed by atoms with Gasteiger partial charge in [0.1, 0.15) is 0 Å². The molecule has 0 spiro atoms. The second-order valence-electron chi connectivity index (χ2n) is 5.44. The van der Waals surface area contributed by atoms with Crippen LogP contribution in [0.25, 0.3) is 10.8 Å². The van der Waals surface area contributed by atoms with Crippen LogP contribution in [0.5, 0.6) is 11.5 Å². The van der Waals surface area contributed by atoms with E-state index in [0.29, 0.717) is 11.5 Å². The van der Waals surface area contributed by atoms with Crippen LogP contribution in [0.1, 0.15) is 5.56 Å². The fourth-order valence-electron chi connectivity index (χ4n) is 2.72. The molecule has 0 aliphatic carbocycles. The fraction of sp³-hybridized carbons (Fsp3) is 0.150. The number of para-hydroxylation sites is 2. The van der Waals surface area contributed by atoms with Crippen molar-refractivity contribution in [2.75, 3.05) is 7.11 Å². The van der Waals surface area contributed by atoms with Crippen LogP contribution in [0, 0.1) is 0 Å². The standard InChI is InChI=1S/C20H18O4/c1-23-17-11-4-5-12-18(17)24-19(20(21)22)13-15-9-6-8-14-7-2-3-10-16(14)15/h2-12,19H,13H2,1H3,(H,21,22). The Morgan fingerprint density at radius 3 is 2.38 bits per heavy atom. The first-order valence-corrected chi connectivity index (χ1v) is 7.68. The maximum absolute atomic E-state index is 11.7. The van der Waals surface area contributed by atoms with Crippen molar-refractivity contribution in [1.82, 2.24) is 0 Å². The average molecular weight is 322 g/mol. The molecular weight excluding hydrogens is 304 g/mol. The van der Waals surface area contributed by atoms with Gasteiger partial charge in [-0.3, -0.25) is 0 Å². The predicted molar refractivity (Wildman–Crippen MR) is 92.7 cm³/mol. The first-order valence-electron chi connectivity index (χ1n) is 7.68. The van der Waals surface area contributed by atoms with Crippen LogP contribution in [0.3, 0.4) is 0 Å². The summed E-state index contributed by atoms with van der Waals surface area (Å²) >= 11 is 0. The number of fused-ring (bicyclic) bond motifs is 1. The summed E-state index contributed by atoms with van der Waals surface area (Å²) in [7, 11) is 1.53. The second-order valence-corrected chi connectivity index (χ2v) is 5.44. The number of methoxy groups -OCH3 is 1. The minimum atomic E-state index is -1.01. The number of carboxylic acid groups (broad SMARTS) is 1. The minimum Gasteiger partial charge on any atom is -0.493 e. The molecule has 0 bridgehead atoms. The third-order valence-electron chi connectivity index (χ3n) is 3.90. The molecule has 3 aromatic carbocycles. The molecule has 0 heterocycles. The molecule has 0 aromatic heterocycles. The van der Waals surface area contributed by atoms with Crippen molar-refractivity contribution in [3.8, 4) is 11.5 Å². The number of hydrogen-bond acceptors (Lipinski definition) is 3. The molecule has 3 aromatic rings.